The van der Waals surface area contributed by atoms with Crippen LogP contribution in [0.3, 0.4) is 0 Å². The highest BCUT2D eigenvalue weighted by Gasteiger charge is 2.19. The van der Waals surface area contributed by atoms with Crippen LogP contribution in [0, 0.1) is 0 Å². The summed E-state index contributed by atoms with van der Waals surface area (Å²) >= 11 is 0. The first-order chi connectivity index (χ1) is 11.4. The Morgan fingerprint density at radius 1 is 1.08 bits per heavy atom. The smallest absolute Gasteiger partial charge is 0.275 e. The molecule has 0 saturated carbocycles. The van der Waals surface area contributed by atoms with Crippen molar-refractivity contribution in [1.82, 2.24) is 13.7 Å². The molecule has 1 amide bonds. The summed E-state index contributed by atoms with van der Waals surface area (Å²) in [6.45, 7) is 0. The van der Waals surface area contributed by atoms with E-state index in [1.54, 1.807) is 18.2 Å². The minimum Gasteiger partial charge on any atom is -0.321 e. The first-order valence-corrected chi connectivity index (χ1v) is 8.59. The molecule has 2 heterocycles. The van der Waals surface area contributed by atoms with E-state index in [9.17, 15) is 13.2 Å². The molecule has 0 atom stereocenters. The largest absolute Gasteiger partial charge is 0.321 e. The molecule has 24 heavy (non-hydrogen) atoms. The Hall–Kier alpha value is -2.71. The number of nitrogens with zero attached hydrogens (tertiary/aromatic N) is 3. The highest BCUT2D eigenvalue weighted by Crippen LogP contribution is 2.16. The zero-order valence-corrected chi connectivity index (χ0v) is 14.0. The summed E-state index contributed by atoms with van der Waals surface area (Å²) in [5, 5.41) is 2.74. The summed E-state index contributed by atoms with van der Waals surface area (Å²) in [5.74, 6) is -0.359. The van der Waals surface area contributed by atoms with Gasteiger partial charge in [-0.15, -0.1) is 0 Å². The lowest BCUT2D eigenvalue weighted by Crippen LogP contribution is -2.22. The molecule has 0 aliphatic rings. The van der Waals surface area contributed by atoms with Crippen LogP contribution in [0.4, 0.5) is 5.69 Å². The van der Waals surface area contributed by atoms with Crippen LogP contribution < -0.4 is 5.32 Å². The number of pyridine rings is 1. The second-order valence-corrected chi connectivity index (χ2v) is 7.52. The maximum Gasteiger partial charge on any atom is 0.275 e. The van der Waals surface area contributed by atoms with Gasteiger partial charge in [-0.25, -0.2) is 17.7 Å². The van der Waals surface area contributed by atoms with Crippen LogP contribution in [-0.2, 0) is 10.0 Å². The Morgan fingerprint density at radius 2 is 1.79 bits per heavy atom. The van der Waals surface area contributed by atoms with Gasteiger partial charge >= 0.3 is 0 Å². The van der Waals surface area contributed by atoms with E-state index < -0.39 is 10.0 Å². The number of rotatable bonds is 4. The van der Waals surface area contributed by atoms with Crippen molar-refractivity contribution < 1.29 is 13.2 Å². The van der Waals surface area contributed by atoms with E-state index in [-0.39, 0.29) is 16.5 Å². The molecule has 3 aromatic rings. The van der Waals surface area contributed by atoms with E-state index in [2.05, 4.69) is 10.3 Å². The highest BCUT2D eigenvalue weighted by atomic mass is 32.2. The normalized spacial score (nSPS) is 11.8. The third kappa shape index (κ3) is 3.01. The summed E-state index contributed by atoms with van der Waals surface area (Å²) in [4.78, 5) is 16.6. The molecule has 124 valence electrons. The number of para-hydroxylation sites is 1. The third-order valence-corrected chi connectivity index (χ3v) is 5.27. The van der Waals surface area contributed by atoms with Gasteiger partial charge in [0.05, 0.1) is 4.90 Å². The van der Waals surface area contributed by atoms with E-state index in [1.165, 1.54) is 37.0 Å². The van der Waals surface area contributed by atoms with Crippen LogP contribution in [0.1, 0.15) is 10.5 Å². The number of benzene rings is 1. The molecule has 2 aromatic heterocycles. The average molecular weight is 344 g/mol. The van der Waals surface area contributed by atoms with Gasteiger partial charge in [-0.05, 0) is 24.3 Å². The Labute approximate surface area is 139 Å². The van der Waals surface area contributed by atoms with Crippen LogP contribution in [0.25, 0.3) is 5.65 Å². The summed E-state index contributed by atoms with van der Waals surface area (Å²) in [7, 11) is -0.615. The highest BCUT2D eigenvalue weighted by molar-refractivity contribution is 7.89. The number of anilines is 1. The standard InChI is InChI=1S/C16H16N4O3S/c1-19(2)24(22,23)13-8-9-15-18-14(11-20(15)10-13)16(21)17-12-6-4-3-5-7-12/h3-11H,1-2H3,(H,17,21). The topological polar surface area (TPSA) is 83.8 Å². The minimum atomic E-state index is -3.54. The van der Waals surface area contributed by atoms with Crippen LogP contribution in [-0.4, -0.2) is 42.1 Å². The number of sulfonamides is 1. The van der Waals surface area contributed by atoms with Gasteiger partial charge in [0, 0.05) is 32.2 Å². The molecule has 1 aromatic carbocycles. The summed E-state index contributed by atoms with van der Waals surface area (Å²) < 4.78 is 27.0. The van der Waals surface area contributed by atoms with Crippen LogP contribution >= 0.6 is 0 Å². The molecule has 0 spiro atoms. The van der Waals surface area contributed by atoms with Gasteiger partial charge in [-0.3, -0.25) is 4.79 Å². The van der Waals surface area contributed by atoms with E-state index in [4.69, 9.17) is 0 Å². The zero-order valence-electron chi connectivity index (χ0n) is 13.2. The summed E-state index contributed by atoms with van der Waals surface area (Å²) in [5.41, 5.74) is 1.36. The predicted molar refractivity (Wildman–Crippen MR) is 90.5 cm³/mol. The van der Waals surface area contributed by atoms with Crippen molar-refractivity contribution >= 4 is 27.3 Å². The van der Waals surface area contributed by atoms with Gasteiger partial charge in [0.1, 0.15) is 11.3 Å². The number of hydrogen-bond acceptors (Lipinski definition) is 4. The van der Waals surface area contributed by atoms with Crippen molar-refractivity contribution in [2.24, 2.45) is 0 Å². The Kier molecular flexibility index (Phi) is 4.08. The van der Waals surface area contributed by atoms with Crippen molar-refractivity contribution in [3.8, 4) is 0 Å². The lowest BCUT2D eigenvalue weighted by molar-refractivity contribution is 0.102. The van der Waals surface area contributed by atoms with Crippen LogP contribution in [0.2, 0.25) is 0 Å². The number of fused-ring (bicyclic) bond motifs is 1. The number of amides is 1. The molecule has 1 N–H and O–H groups in total. The predicted octanol–water partition coefficient (Wildman–Crippen LogP) is 1.84. The number of imidazole rings is 1. The fraction of sp³-hybridized carbons (Fsp3) is 0.125. The SMILES string of the molecule is CN(C)S(=O)(=O)c1ccc2nc(C(=O)Nc3ccccc3)cn2c1. The second kappa shape index (κ2) is 6.06. The Balaban J connectivity index is 1.93. The average Bonchev–Trinajstić information content (AvgIpc) is 2.99. The summed E-state index contributed by atoms with van der Waals surface area (Å²) in [6, 6.07) is 12.1. The van der Waals surface area contributed by atoms with Gasteiger partial charge in [0.25, 0.3) is 5.91 Å². The molecule has 7 nitrogen and oxygen atoms in total. The van der Waals surface area contributed by atoms with Crippen LogP contribution in [0.15, 0.2) is 59.8 Å². The van der Waals surface area contributed by atoms with Gasteiger partial charge in [-0.2, -0.15) is 0 Å². The van der Waals surface area contributed by atoms with Crippen molar-refractivity contribution in [3.63, 3.8) is 0 Å². The first-order valence-electron chi connectivity index (χ1n) is 7.15. The monoisotopic (exact) mass is 344 g/mol. The van der Waals surface area contributed by atoms with E-state index in [0.717, 1.165) is 4.31 Å². The number of carbonyl (C=O) groups excluding carboxylic acids is 1. The molecule has 0 aliphatic heterocycles. The zero-order chi connectivity index (χ0) is 17.3. The maximum absolute atomic E-state index is 12.3. The van der Waals surface area contributed by atoms with Crippen molar-refractivity contribution in [3.05, 3.63) is 60.6 Å². The van der Waals surface area contributed by atoms with E-state index in [0.29, 0.717) is 11.3 Å². The van der Waals surface area contributed by atoms with Crippen LogP contribution in [0.5, 0.6) is 0 Å². The number of hydrogen-bond donors (Lipinski definition) is 1. The lowest BCUT2D eigenvalue weighted by atomic mass is 10.3. The lowest BCUT2D eigenvalue weighted by Gasteiger charge is -2.11. The molecule has 0 unspecified atom stereocenters. The maximum atomic E-state index is 12.3. The van der Waals surface area contributed by atoms with Gasteiger partial charge in [0.15, 0.2) is 0 Å². The fourth-order valence-electron chi connectivity index (χ4n) is 2.16. The second-order valence-electron chi connectivity index (χ2n) is 5.36. The van der Waals surface area contributed by atoms with Gasteiger partial charge in [0.2, 0.25) is 10.0 Å². The Morgan fingerprint density at radius 3 is 2.46 bits per heavy atom. The molecule has 3 rings (SSSR count). The molecule has 0 aliphatic carbocycles. The number of carbonyl (C=O) groups is 1. The molecule has 0 bridgehead atoms. The molecular formula is C16H16N4O3S. The third-order valence-electron chi connectivity index (χ3n) is 3.47. The van der Waals surface area contributed by atoms with E-state index >= 15 is 0 Å². The van der Waals surface area contributed by atoms with Gasteiger partial charge in [-0.1, -0.05) is 18.2 Å². The number of nitrogens with one attached hydrogen (secondary N) is 1. The van der Waals surface area contributed by atoms with Crippen molar-refractivity contribution in [2.75, 3.05) is 19.4 Å². The quantitative estimate of drug-likeness (QED) is 0.783. The van der Waals surface area contributed by atoms with Crippen molar-refractivity contribution in [1.29, 1.82) is 0 Å². The minimum absolute atomic E-state index is 0.132. The first kappa shape index (κ1) is 16.2. The summed E-state index contributed by atoms with van der Waals surface area (Å²) in [6.07, 6.45) is 2.94. The van der Waals surface area contributed by atoms with Gasteiger partial charge < -0.3 is 9.72 Å². The molecule has 0 radical (unpaired) electrons. The number of aromatic nitrogens is 2. The molecule has 0 saturated heterocycles. The Bertz CT molecular complexity index is 995. The molecule has 0 fully saturated rings. The van der Waals surface area contributed by atoms with Crippen molar-refractivity contribution in [2.45, 2.75) is 4.90 Å². The molecule has 8 heteroatoms. The molecular weight excluding hydrogens is 328 g/mol. The van der Waals surface area contributed by atoms with E-state index in [1.807, 2.05) is 18.2 Å². The fourth-order valence-corrected chi connectivity index (χ4v) is 3.07.